The molecular formula is C17H26N2O3S. The molecule has 0 spiro atoms. The van der Waals surface area contributed by atoms with Crippen LogP contribution in [0.15, 0.2) is 24.3 Å². The Morgan fingerprint density at radius 3 is 2.57 bits per heavy atom. The molecule has 0 unspecified atom stereocenters. The molecule has 0 saturated carbocycles. The van der Waals surface area contributed by atoms with Crippen LogP contribution in [0.2, 0.25) is 0 Å². The summed E-state index contributed by atoms with van der Waals surface area (Å²) in [6.45, 7) is 4.80. The Morgan fingerprint density at radius 1 is 1.30 bits per heavy atom. The number of benzene rings is 1. The molecule has 0 aliphatic carbocycles. The quantitative estimate of drug-likeness (QED) is 0.825. The van der Waals surface area contributed by atoms with Gasteiger partial charge in [0, 0.05) is 39.0 Å². The first-order valence-electron chi connectivity index (χ1n) is 7.97. The molecule has 1 saturated heterocycles. The van der Waals surface area contributed by atoms with Gasteiger partial charge in [-0.1, -0.05) is 24.3 Å². The predicted molar refractivity (Wildman–Crippen MR) is 91.8 cm³/mol. The molecule has 5 nitrogen and oxygen atoms in total. The normalized spacial score (nSPS) is 21.9. The van der Waals surface area contributed by atoms with E-state index in [1.165, 1.54) is 29.5 Å². The van der Waals surface area contributed by atoms with Crippen molar-refractivity contribution in [3.63, 3.8) is 0 Å². The lowest BCUT2D eigenvalue weighted by Gasteiger charge is -2.22. The summed E-state index contributed by atoms with van der Waals surface area (Å²) in [4.78, 5) is 14.3. The van der Waals surface area contributed by atoms with Gasteiger partial charge in [-0.15, -0.1) is 0 Å². The second kappa shape index (κ2) is 7.01. The Kier molecular flexibility index (Phi) is 5.47. The minimum Gasteiger partial charge on any atom is -0.339 e. The SMILES string of the molecule is Cc1ccccc1[C@H]1C[C@H](C)N(C(=O)CCS(=O)(=O)N(C)C)C1. The highest BCUT2D eigenvalue weighted by Crippen LogP contribution is 2.33. The first-order chi connectivity index (χ1) is 10.7. The Bertz CT molecular complexity index is 670. The predicted octanol–water partition coefficient (Wildman–Crippen LogP) is 1.98. The highest BCUT2D eigenvalue weighted by atomic mass is 32.2. The molecule has 1 amide bonds. The van der Waals surface area contributed by atoms with E-state index >= 15 is 0 Å². The molecule has 1 aliphatic heterocycles. The van der Waals surface area contributed by atoms with Gasteiger partial charge in [0.05, 0.1) is 5.75 Å². The van der Waals surface area contributed by atoms with Gasteiger partial charge in [-0.2, -0.15) is 0 Å². The van der Waals surface area contributed by atoms with Crippen LogP contribution in [0.3, 0.4) is 0 Å². The van der Waals surface area contributed by atoms with Crippen molar-refractivity contribution in [3.8, 4) is 0 Å². The minimum absolute atomic E-state index is 0.0470. The molecule has 0 N–H and O–H groups in total. The van der Waals surface area contributed by atoms with Crippen molar-refractivity contribution in [1.82, 2.24) is 9.21 Å². The van der Waals surface area contributed by atoms with E-state index < -0.39 is 10.0 Å². The molecule has 23 heavy (non-hydrogen) atoms. The van der Waals surface area contributed by atoms with Crippen molar-refractivity contribution in [2.75, 3.05) is 26.4 Å². The van der Waals surface area contributed by atoms with Gasteiger partial charge in [0.2, 0.25) is 15.9 Å². The molecule has 1 fully saturated rings. The third kappa shape index (κ3) is 4.12. The fraction of sp³-hybridized carbons (Fsp3) is 0.588. The van der Waals surface area contributed by atoms with Gasteiger partial charge in [-0.05, 0) is 31.4 Å². The average Bonchev–Trinajstić information content (AvgIpc) is 2.87. The number of carbonyl (C=O) groups is 1. The molecule has 1 aromatic rings. The molecular weight excluding hydrogens is 312 g/mol. The second-order valence-corrected chi connectivity index (χ2v) is 8.84. The summed E-state index contributed by atoms with van der Waals surface area (Å²) < 4.78 is 24.8. The van der Waals surface area contributed by atoms with Crippen molar-refractivity contribution < 1.29 is 13.2 Å². The lowest BCUT2D eigenvalue weighted by molar-refractivity contribution is -0.131. The first kappa shape index (κ1) is 17.9. The van der Waals surface area contributed by atoms with Crippen LogP contribution in [0, 0.1) is 6.92 Å². The van der Waals surface area contributed by atoms with Crippen LogP contribution in [0.1, 0.15) is 36.8 Å². The van der Waals surface area contributed by atoms with Gasteiger partial charge in [-0.25, -0.2) is 12.7 Å². The fourth-order valence-electron chi connectivity index (χ4n) is 3.19. The smallest absolute Gasteiger partial charge is 0.223 e. The molecule has 0 radical (unpaired) electrons. The van der Waals surface area contributed by atoms with E-state index in [2.05, 4.69) is 19.1 Å². The van der Waals surface area contributed by atoms with Gasteiger partial charge in [0.1, 0.15) is 0 Å². The number of rotatable bonds is 5. The summed E-state index contributed by atoms with van der Waals surface area (Å²) in [6, 6.07) is 8.41. The van der Waals surface area contributed by atoms with Crippen LogP contribution in [-0.2, 0) is 14.8 Å². The maximum atomic E-state index is 12.4. The van der Waals surface area contributed by atoms with Gasteiger partial charge in [0.15, 0.2) is 0 Å². The van der Waals surface area contributed by atoms with Gasteiger partial charge < -0.3 is 4.90 Å². The number of hydrogen-bond acceptors (Lipinski definition) is 3. The van der Waals surface area contributed by atoms with Crippen molar-refractivity contribution >= 4 is 15.9 Å². The lowest BCUT2D eigenvalue weighted by atomic mass is 9.93. The summed E-state index contributed by atoms with van der Waals surface area (Å²) >= 11 is 0. The van der Waals surface area contributed by atoms with Crippen LogP contribution >= 0.6 is 0 Å². The Labute approximate surface area is 139 Å². The average molecular weight is 338 g/mol. The molecule has 128 valence electrons. The molecule has 0 aromatic heterocycles. The number of nitrogens with zero attached hydrogens (tertiary/aromatic N) is 2. The number of aryl methyl sites for hydroxylation is 1. The zero-order valence-corrected chi connectivity index (χ0v) is 15.1. The molecule has 0 bridgehead atoms. The largest absolute Gasteiger partial charge is 0.339 e. The van der Waals surface area contributed by atoms with Gasteiger partial charge in [0.25, 0.3) is 0 Å². The number of likely N-dealkylation sites (tertiary alicyclic amines) is 1. The Hall–Kier alpha value is -1.40. The topological polar surface area (TPSA) is 57.7 Å². The van der Waals surface area contributed by atoms with Crippen molar-refractivity contribution in [3.05, 3.63) is 35.4 Å². The van der Waals surface area contributed by atoms with E-state index in [0.29, 0.717) is 12.5 Å². The number of sulfonamides is 1. The van der Waals surface area contributed by atoms with Crippen molar-refractivity contribution in [1.29, 1.82) is 0 Å². The maximum absolute atomic E-state index is 12.4. The summed E-state index contributed by atoms with van der Waals surface area (Å²) in [5.41, 5.74) is 2.53. The number of hydrogen-bond donors (Lipinski definition) is 0. The van der Waals surface area contributed by atoms with E-state index in [1.54, 1.807) is 0 Å². The number of amides is 1. The third-order valence-electron chi connectivity index (χ3n) is 4.65. The Morgan fingerprint density at radius 2 is 1.96 bits per heavy atom. The lowest BCUT2D eigenvalue weighted by Crippen LogP contribution is -2.36. The van der Waals surface area contributed by atoms with Crippen LogP contribution in [0.5, 0.6) is 0 Å². The molecule has 6 heteroatoms. The maximum Gasteiger partial charge on any atom is 0.223 e. The first-order valence-corrected chi connectivity index (χ1v) is 9.58. The van der Waals surface area contributed by atoms with Crippen molar-refractivity contribution in [2.45, 2.75) is 38.6 Å². The summed E-state index contributed by atoms with van der Waals surface area (Å²) in [5, 5.41) is 0. The van der Waals surface area contributed by atoms with E-state index in [-0.39, 0.29) is 24.1 Å². The van der Waals surface area contributed by atoms with Crippen LogP contribution in [0.25, 0.3) is 0 Å². The van der Waals surface area contributed by atoms with E-state index in [9.17, 15) is 13.2 Å². The molecule has 2 atom stereocenters. The van der Waals surface area contributed by atoms with E-state index in [0.717, 1.165) is 6.42 Å². The van der Waals surface area contributed by atoms with E-state index in [1.807, 2.05) is 24.0 Å². The highest BCUT2D eigenvalue weighted by molar-refractivity contribution is 7.89. The van der Waals surface area contributed by atoms with Gasteiger partial charge in [-0.3, -0.25) is 4.79 Å². The van der Waals surface area contributed by atoms with Gasteiger partial charge >= 0.3 is 0 Å². The highest BCUT2D eigenvalue weighted by Gasteiger charge is 2.34. The molecule has 1 aromatic carbocycles. The fourth-order valence-corrected chi connectivity index (χ4v) is 3.99. The van der Waals surface area contributed by atoms with Crippen LogP contribution < -0.4 is 0 Å². The molecule has 1 heterocycles. The standard InChI is InChI=1S/C17H26N2O3S/c1-13-7-5-6-8-16(13)15-11-14(2)19(12-15)17(20)9-10-23(21,22)18(3)4/h5-8,14-15H,9-12H2,1-4H3/t14-,15-/m0/s1. The zero-order valence-electron chi connectivity index (χ0n) is 14.3. The summed E-state index contributed by atoms with van der Waals surface area (Å²) in [5.74, 6) is 0.136. The second-order valence-electron chi connectivity index (χ2n) is 6.53. The minimum atomic E-state index is -3.33. The van der Waals surface area contributed by atoms with Crippen LogP contribution in [0.4, 0.5) is 0 Å². The molecule has 2 rings (SSSR count). The summed E-state index contributed by atoms with van der Waals surface area (Å²) in [7, 11) is -0.342. The summed E-state index contributed by atoms with van der Waals surface area (Å²) in [6.07, 6.45) is 0.975. The third-order valence-corrected chi connectivity index (χ3v) is 6.49. The van der Waals surface area contributed by atoms with Crippen molar-refractivity contribution in [2.24, 2.45) is 0 Å². The van der Waals surface area contributed by atoms with E-state index in [4.69, 9.17) is 0 Å². The number of carbonyl (C=O) groups excluding carboxylic acids is 1. The Balaban J connectivity index is 2.02. The monoisotopic (exact) mass is 338 g/mol. The zero-order chi connectivity index (χ0) is 17.2. The molecule has 1 aliphatic rings. The van der Waals surface area contributed by atoms with Crippen LogP contribution in [-0.4, -0.2) is 56.0 Å².